The van der Waals surface area contributed by atoms with Gasteiger partial charge in [0.15, 0.2) is 5.82 Å². The summed E-state index contributed by atoms with van der Waals surface area (Å²) in [6.45, 7) is 4.06. The highest BCUT2D eigenvalue weighted by molar-refractivity contribution is 5.68. The fourth-order valence-electron chi connectivity index (χ4n) is 2.73. The van der Waals surface area contributed by atoms with Crippen molar-refractivity contribution in [2.24, 2.45) is 0 Å². The van der Waals surface area contributed by atoms with Gasteiger partial charge in [-0.2, -0.15) is 0 Å². The van der Waals surface area contributed by atoms with Crippen molar-refractivity contribution in [1.82, 2.24) is 19.4 Å². The molecule has 0 unspecified atom stereocenters. The Labute approximate surface area is 134 Å². The summed E-state index contributed by atoms with van der Waals surface area (Å²) in [6.07, 6.45) is 5.72. The summed E-state index contributed by atoms with van der Waals surface area (Å²) in [4.78, 5) is 13.4. The average molecular weight is 300 g/mol. The number of aromatic nitrogens is 4. The number of aryl methyl sites for hydroxylation is 2. The SMILES string of the molecule is Cc1cccc(-c2cnc3cc(-c4nccc(C)n4)ccn23)c1. The molecule has 0 saturated carbocycles. The second-order valence-corrected chi connectivity index (χ2v) is 5.68. The van der Waals surface area contributed by atoms with Crippen LogP contribution in [-0.4, -0.2) is 19.4 Å². The van der Waals surface area contributed by atoms with E-state index in [1.54, 1.807) is 6.20 Å². The number of benzene rings is 1. The average Bonchev–Trinajstić information content (AvgIpc) is 2.98. The Bertz CT molecular complexity index is 1000. The Kier molecular flexibility index (Phi) is 3.15. The maximum Gasteiger partial charge on any atom is 0.159 e. The van der Waals surface area contributed by atoms with E-state index < -0.39 is 0 Å². The van der Waals surface area contributed by atoms with Crippen molar-refractivity contribution in [2.75, 3.05) is 0 Å². The lowest BCUT2D eigenvalue weighted by Crippen LogP contribution is -1.93. The van der Waals surface area contributed by atoms with Gasteiger partial charge in [-0.15, -0.1) is 0 Å². The highest BCUT2D eigenvalue weighted by Gasteiger charge is 2.08. The van der Waals surface area contributed by atoms with E-state index in [1.807, 2.05) is 37.5 Å². The predicted octanol–water partition coefficient (Wildman–Crippen LogP) is 4.08. The number of rotatable bonds is 2. The van der Waals surface area contributed by atoms with E-state index in [2.05, 4.69) is 50.5 Å². The van der Waals surface area contributed by atoms with Crippen molar-refractivity contribution in [2.45, 2.75) is 13.8 Å². The lowest BCUT2D eigenvalue weighted by Gasteiger charge is -2.05. The Morgan fingerprint density at radius 1 is 0.913 bits per heavy atom. The second kappa shape index (κ2) is 5.32. The fourth-order valence-corrected chi connectivity index (χ4v) is 2.73. The molecule has 0 saturated heterocycles. The maximum absolute atomic E-state index is 4.54. The number of hydrogen-bond donors (Lipinski definition) is 0. The lowest BCUT2D eigenvalue weighted by atomic mass is 10.1. The third-order valence-corrected chi connectivity index (χ3v) is 3.88. The topological polar surface area (TPSA) is 43.1 Å². The van der Waals surface area contributed by atoms with Crippen molar-refractivity contribution in [1.29, 1.82) is 0 Å². The summed E-state index contributed by atoms with van der Waals surface area (Å²) in [7, 11) is 0. The summed E-state index contributed by atoms with van der Waals surface area (Å²) in [5, 5.41) is 0. The number of pyridine rings is 1. The van der Waals surface area contributed by atoms with Crippen LogP contribution in [0.15, 0.2) is 61.1 Å². The van der Waals surface area contributed by atoms with Crippen LogP contribution >= 0.6 is 0 Å². The van der Waals surface area contributed by atoms with Gasteiger partial charge < -0.3 is 0 Å². The van der Waals surface area contributed by atoms with Crippen LogP contribution in [0.4, 0.5) is 0 Å². The smallest absolute Gasteiger partial charge is 0.159 e. The minimum atomic E-state index is 0.729. The van der Waals surface area contributed by atoms with Gasteiger partial charge in [0, 0.05) is 29.2 Å². The number of hydrogen-bond acceptors (Lipinski definition) is 3. The predicted molar refractivity (Wildman–Crippen MR) is 91.1 cm³/mol. The Balaban J connectivity index is 1.83. The molecule has 4 heteroatoms. The highest BCUT2D eigenvalue weighted by atomic mass is 15.0. The van der Waals surface area contributed by atoms with E-state index in [4.69, 9.17) is 0 Å². The van der Waals surface area contributed by atoms with Crippen LogP contribution in [0.5, 0.6) is 0 Å². The zero-order chi connectivity index (χ0) is 15.8. The Hall–Kier alpha value is -3.01. The third kappa shape index (κ3) is 2.48. The van der Waals surface area contributed by atoms with Gasteiger partial charge in [0.25, 0.3) is 0 Å². The maximum atomic E-state index is 4.54. The number of imidazole rings is 1. The molecule has 23 heavy (non-hydrogen) atoms. The van der Waals surface area contributed by atoms with Crippen LogP contribution in [-0.2, 0) is 0 Å². The van der Waals surface area contributed by atoms with E-state index in [-0.39, 0.29) is 0 Å². The zero-order valence-corrected chi connectivity index (χ0v) is 13.1. The molecule has 3 heterocycles. The van der Waals surface area contributed by atoms with Gasteiger partial charge in [0.2, 0.25) is 0 Å². The molecule has 0 spiro atoms. The van der Waals surface area contributed by atoms with Gasteiger partial charge in [0.1, 0.15) is 5.65 Å². The number of nitrogens with zero attached hydrogens (tertiary/aromatic N) is 4. The van der Waals surface area contributed by atoms with E-state index >= 15 is 0 Å². The molecule has 0 aliphatic carbocycles. The van der Waals surface area contributed by atoms with Crippen LogP contribution < -0.4 is 0 Å². The first-order chi connectivity index (χ1) is 11.2. The van der Waals surface area contributed by atoms with E-state index in [0.29, 0.717) is 0 Å². The van der Waals surface area contributed by atoms with Crippen LogP contribution in [0.1, 0.15) is 11.3 Å². The molecule has 3 aromatic heterocycles. The number of fused-ring (bicyclic) bond motifs is 1. The molecule has 0 amide bonds. The van der Waals surface area contributed by atoms with Gasteiger partial charge >= 0.3 is 0 Å². The summed E-state index contributed by atoms with van der Waals surface area (Å²) in [5.74, 6) is 0.729. The molecule has 0 atom stereocenters. The summed E-state index contributed by atoms with van der Waals surface area (Å²) in [6, 6.07) is 14.4. The van der Waals surface area contributed by atoms with Gasteiger partial charge in [-0.05, 0) is 38.1 Å². The molecule has 0 bridgehead atoms. The molecule has 0 aliphatic rings. The van der Waals surface area contributed by atoms with Crippen molar-refractivity contribution in [3.8, 4) is 22.6 Å². The molecule has 1 aromatic carbocycles. The van der Waals surface area contributed by atoms with E-state index in [1.165, 1.54) is 5.56 Å². The van der Waals surface area contributed by atoms with Gasteiger partial charge in [0.05, 0.1) is 11.9 Å². The molecular weight excluding hydrogens is 284 g/mol. The normalized spacial score (nSPS) is 11.0. The van der Waals surface area contributed by atoms with Crippen LogP contribution in [0.25, 0.3) is 28.3 Å². The minimum absolute atomic E-state index is 0.729. The summed E-state index contributed by atoms with van der Waals surface area (Å²) in [5.41, 5.74) is 6.31. The van der Waals surface area contributed by atoms with Gasteiger partial charge in [-0.3, -0.25) is 4.40 Å². The van der Waals surface area contributed by atoms with Crippen molar-refractivity contribution >= 4 is 5.65 Å². The zero-order valence-electron chi connectivity index (χ0n) is 13.1. The first-order valence-corrected chi connectivity index (χ1v) is 7.55. The van der Waals surface area contributed by atoms with Crippen LogP contribution in [0.3, 0.4) is 0 Å². The van der Waals surface area contributed by atoms with Crippen LogP contribution in [0.2, 0.25) is 0 Å². The molecule has 112 valence electrons. The highest BCUT2D eigenvalue weighted by Crippen LogP contribution is 2.24. The standard InChI is InChI=1S/C19H16N4/c1-13-4-3-5-15(10-13)17-12-21-18-11-16(7-9-23(17)18)19-20-8-6-14(2)22-19/h3-12H,1-2H3. The van der Waals surface area contributed by atoms with Crippen molar-refractivity contribution in [3.05, 3.63) is 72.3 Å². The molecule has 0 radical (unpaired) electrons. The first kappa shape index (κ1) is 13.6. The summed E-state index contributed by atoms with van der Waals surface area (Å²) < 4.78 is 2.09. The minimum Gasteiger partial charge on any atom is -0.300 e. The molecule has 0 N–H and O–H groups in total. The van der Waals surface area contributed by atoms with E-state index in [0.717, 1.165) is 34.0 Å². The third-order valence-electron chi connectivity index (χ3n) is 3.88. The lowest BCUT2D eigenvalue weighted by molar-refractivity contribution is 1.10. The summed E-state index contributed by atoms with van der Waals surface area (Å²) >= 11 is 0. The fraction of sp³-hybridized carbons (Fsp3) is 0.105. The first-order valence-electron chi connectivity index (χ1n) is 7.55. The quantitative estimate of drug-likeness (QED) is 0.560. The largest absolute Gasteiger partial charge is 0.300 e. The molecule has 4 rings (SSSR count). The monoisotopic (exact) mass is 300 g/mol. The van der Waals surface area contributed by atoms with Gasteiger partial charge in [-0.1, -0.05) is 23.8 Å². The van der Waals surface area contributed by atoms with Crippen LogP contribution in [0, 0.1) is 13.8 Å². The second-order valence-electron chi connectivity index (χ2n) is 5.68. The molecule has 4 aromatic rings. The van der Waals surface area contributed by atoms with Gasteiger partial charge in [-0.25, -0.2) is 15.0 Å². The molecule has 0 fully saturated rings. The van der Waals surface area contributed by atoms with Crippen molar-refractivity contribution < 1.29 is 0 Å². The molecule has 4 nitrogen and oxygen atoms in total. The van der Waals surface area contributed by atoms with E-state index in [9.17, 15) is 0 Å². The Morgan fingerprint density at radius 3 is 2.65 bits per heavy atom. The van der Waals surface area contributed by atoms with Crippen molar-refractivity contribution in [3.63, 3.8) is 0 Å². The Morgan fingerprint density at radius 2 is 1.83 bits per heavy atom. The molecule has 0 aliphatic heterocycles. The molecular formula is C19H16N4.